The van der Waals surface area contributed by atoms with E-state index in [1.807, 2.05) is 47.5 Å². The number of ether oxygens (including phenoxy) is 1. The van der Waals surface area contributed by atoms with E-state index in [4.69, 9.17) is 38.0 Å². The predicted molar refractivity (Wildman–Crippen MR) is 211 cm³/mol. The van der Waals surface area contributed by atoms with Gasteiger partial charge in [-0.1, -0.05) is 59.6 Å². The fourth-order valence-corrected chi connectivity index (χ4v) is 8.83. The largest absolute Gasteiger partial charge is 0.481 e. The maximum atomic E-state index is 13.5. The Morgan fingerprint density at radius 1 is 1.00 bits per heavy atom. The molecule has 0 radical (unpaired) electrons. The van der Waals surface area contributed by atoms with E-state index in [-0.39, 0.29) is 47.8 Å². The average molecular weight is 800 g/mol. The molecule has 56 heavy (non-hydrogen) atoms. The number of carboxylic acid groups (broad SMARTS) is 1. The minimum absolute atomic E-state index is 0.0213. The molecule has 16 heteroatoms. The molecule has 3 aromatic heterocycles. The second-order valence-corrected chi connectivity index (χ2v) is 15.8. The number of aromatic nitrogens is 4. The molecule has 1 spiro atoms. The summed E-state index contributed by atoms with van der Waals surface area (Å²) in [6, 6.07) is 16.3. The summed E-state index contributed by atoms with van der Waals surface area (Å²) in [5.41, 5.74) is 4.88. The summed E-state index contributed by atoms with van der Waals surface area (Å²) in [7, 11) is 3.21. The van der Waals surface area contributed by atoms with E-state index in [9.17, 15) is 24.3 Å². The Bertz CT molecular complexity index is 2470. The van der Waals surface area contributed by atoms with E-state index in [1.165, 1.54) is 12.0 Å². The molecule has 3 aliphatic rings. The molecule has 3 amide bonds. The number of nitrogens with one attached hydrogen (secondary N) is 1. The lowest BCUT2D eigenvalue weighted by Crippen LogP contribution is -2.72. The first-order valence-electron chi connectivity index (χ1n) is 18.3. The van der Waals surface area contributed by atoms with Crippen molar-refractivity contribution in [1.82, 2.24) is 39.2 Å². The number of hydrogen-bond donors (Lipinski definition) is 2. The monoisotopic (exact) mass is 798 g/mol. The van der Waals surface area contributed by atoms with Crippen LogP contribution in [0, 0.1) is 5.41 Å². The summed E-state index contributed by atoms with van der Waals surface area (Å²) in [6.45, 7) is 5.56. The van der Waals surface area contributed by atoms with Crippen molar-refractivity contribution in [3.63, 3.8) is 0 Å². The lowest BCUT2D eigenvalue weighted by atomic mass is 9.73. The fourth-order valence-electron chi connectivity index (χ4n) is 8.17. The number of carbonyl (C=O) groups is 3. The molecule has 6 heterocycles. The van der Waals surface area contributed by atoms with Gasteiger partial charge in [0.1, 0.15) is 11.3 Å². The summed E-state index contributed by atoms with van der Waals surface area (Å²) >= 11 is 14.3. The van der Waals surface area contributed by atoms with Crippen LogP contribution in [0.25, 0.3) is 39.0 Å². The molecule has 1 atom stereocenters. The molecule has 0 bridgehead atoms. The van der Waals surface area contributed by atoms with Crippen LogP contribution in [0.4, 0.5) is 4.79 Å². The van der Waals surface area contributed by atoms with E-state index >= 15 is 0 Å². The summed E-state index contributed by atoms with van der Waals surface area (Å²) in [4.78, 5) is 59.0. The van der Waals surface area contributed by atoms with Gasteiger partial charge in [-0.25, -0.2) is 14.3 Å². The normalized spacial score (nSPS) is 17.5. The minimum atomic E-state index is -1.11. The van der Waals surface area contributed by atoms with Crippen molar-refractivity contribution in [1.29, 1.82) is 0 Å². The van der Waals surface area contributed by atoms with Gasteiger partial charge in [0.25, 0.3) is 5.56 Å². The number of fused-ring (bicyclic) bond motifs is 1. The van der Waals surface area contributed by atoms with Crippen LogP contribution in [-0.2, 0) is 29.7 Å². The van der Waals surface area contributed by atoms with E-state index < -0.39 is 6.09 Å². The molecular formula is C40H40Cl2N8O6. The van der Waals surface area contributed by atoms with E-state index in [0.29, 0.717) is 74.3 Å². The molecule has 3 aliphatic heterocycles. The van der Waals surface area contributed by atoms with Gasteiger partial charge < -0.3 is 25.0 Å². The van der Waals surface area contributed by atoms with Crippen molar-refractivity contribution in [3.8, 4) is 39.4 Å². The van der Waals surface area contributed by atoms with Gasteiger partial charge >= 0.3 is 6.09 Å². The van der Waals surface area contributed by atoms with Crippen LogP contribution >= 0.6 is 23.2 Å². The number of rotatable bonds is 10. The van der Waals surface area contributed by atoms with Crippen molar-refractivity contribution < 1.29 is 24.2 Å². The molecule has 290 valence electrons. The minimum Gasteiger partial charge on any atom is -0.481 e. The highest BCUT2D eigenvalue weighted by Crippen LogP contribution is 2.43. The summed E-state index contributed by atoms with van der Waals surface area (Å²) in [5, 5.41) is 18.4. The highest BCUT2D eigenvalue weighted by molar-refractivity contribution is 6.39. The standard InChI is InChI=1S/C40H40Cl2N8O6/c1-23(51)49-21-40(22-49)19-47(20-40)18-33-45-50-16-25(14-32(50)38(53)46(33)2)27-6-4-7-28(35(27)41)29-8-5-9-30(36(29)42)31-12-10-24(37(44-31)56-3)15-48(39(54)55)17-26-11-13-34(52)43-26/h4-10,12,14,16,26H,11,13,15,17-22H2,1-3H3,(H,43,52)(H,54,55)/t26-/m0/s1. The molecule has 5 aromatic rings. The zero-order valence-electron chi connectivity index (χ0n) is 31.1. The number of carbonyl (C=O) groups excluding carboxylic acids is 2. The van der Waals surface area contributed by atoms with Crippen LogP contribution in [0.2, 0.25) is 10.0 Å². The van der Waals surface area contributed by atoms with E-state index in [0.717, 1.165) is 31.7 Å². The molecule has 0 aliphatic carbocycles. The van der Waals surface area contributed by atoms with Gasteiger partial charge in [0.15, 0.2) is 0 Å². The predicted octanol–water partition coefficient (Wildman–Crippen LogP) is 5.17. The van der Waals surface area contributed by atoms with E-state index in [1.54, 1.807) is 41.3 Å². The first-order valence-corrected chi connectivity index (χ1v) is 19.0. The van der Waals surface area contributed by atoms with Crippen molar-refractivity contribution in [2.75, 3.05) is 39.8 Å². The van der Waals surface area contributed by atoms with Gasteiger partial charge in [0, 0.05) is 104 Å². The topological polar surface area (TPSA) is 155 Å². The van der Waals surface area contributed by atoms with Crippen molar-refractivity contribution in [2.24, 2.45) is 12.5 Å². The van der Waals surface area contributed by atoms with E-state index in [2.05, 4.69) is 10.2 Å². The first kappa shape index (κ1) is 37.5. The zero-order chi connectivity index (χ0) is 39.5. The van der Waals surface area contributed by atoms with Crippen LogP contribution < -0.4 is 15.6 Å². The first-order chi connectivity index (χ1) is 26.8. The Morgan fingerprint density at radius 2 is 1.68 bits per heavy atom. The molecular weight excluding hydrogens is 759 g/mol. The number of nitrogens with zero attached hydrogens (tertiary/aromatic N) is 7. The molecule has 2 aromatic carbocycles. The summed E-state index contributed by atoms with van der Waals surface area (Å²) in [5.74, 6) is 0.913. The van der Waals surface area contributed by atoms with Gasteiger partial charge in [-0.15, -0.1) is 0 Å². The zero-order valence-corrected chi connectivity index (χ0v) is 32.6. The quantitative estimate of drug-likeness (QED) is 0.195. The van der Waals surface area contributed by atoms with Crippen LogP contribution in [0.3, 0.4) is 0 Å². The number of halogens is 2. The smallest absolute Gasteiger partial charge is 0.407 e. The van der Waals surface area contributed by atoms with Crippen molar-refractivity contribution in [2.45, 2.75) is 38.9 Å². The van der Waals surface area contributed by atoms with Gasteiger partial charge in [-0.2, -0.15) is 5.10 Å². The maximum absolute atomic E-state index is 13.5. The molecule has 8 rings (SSSR count). The molecule has 0 saturated carbocycles. The molecule has 3 saturated heterocycles. The number of methoxy groups -OCH3 is 1. The molecule has 0 unspecified atom stereocenters. The van der Waals surface area contributed by atoms with Crippen LogP contribution in [0.15, 0.2) is 65.6 Å². The third kappa shape index (κ3) is 6.86. The third-order valence-electron chi connectivity index (χ3n) is 11.1. The number of pyridine rings is 1. The lowest BCUT2D eigenvalue weighted by Gasteiger charge is -2.60. The highest BCUT2D eigenvalue weighted by Gasteiger charge is 2.52. The number of hydrogen-bond acceptors (Lipinski definition) is 8. The molecule has 3 fully saturated rings. The molecule has 2 N–H and O–H groups in total. The SMILES string of the molecule is COc1nc(-c2cccc(-c3cccc(-c4cc5c(=O)n(C)c(CN6CC7(C6)CN(C(C)=O)C7)nn5c4)c3Cl)c2Cl)ccc1CN(C[C@@H]1CCC(=O)N1)C(=O)O. The van der Waals surface area contributed by atoms with Gasteiger partial charge in [0.05, 0.1) is 35.9 Å². The second kappa shape index (κ2) is 14.6. The lowest BCUT2D eigenvalue weighted by molar-refractivity contribution is -0.157. The van der Waals surface area contributed by atoms with Crippen LogP contribution in [0.1, 0.15) is 31.2 Å². The van der Waals surface area contributed by atoms with Crippen LogP contribution in [-0.4, -0.2) is 103 Å². The Labute approximate surface area is 332 Å². The Balaban J connectivity index is 1.04. The Morgan fingerprint density at radius 3 is 2.32 bits per heavy atom. The third-order valence-corrected chi connectivity index (χ3v) is 11.9. The molecule has 14 nitrogen and oxygen atoms in total. The van der Waals surface area contributed by atoms with Gasteiger partial charge in [0.2, 0.25) is 17.7 Å². The van der Waals surface area contributed by atoms with Crippen molar-refractivity contribution >= 4 is 46.6 Å². The van der Waals surface area contributed by atoms with Gasteiger partial charge in [-0.05, 0) is 24.6 Å². The maximum Gasteiger partial charge on any atom is 0.407 e. The van der Waals surface area contributed by atoms with Crippen LogP contribution in [0.5, 0.6) is 5.88 Å². The summed E-state index contributed by atoms with van der Waals surface area (Å²) < 4.78 is 8.81. The van der Waals surface area contributed by atoms with Crippen molar-refractivity contribution in [3.05, 3.63) is 92.6 Å². The summed E-state index contributed by atoms with van der Waals surface area (Å²) in [6.07, 6.45) is 1.65. The fraction of sp³-hybridized carbons (Fsp3) is 0.350. The Hall–Kier alpha value is -5.44. The second-order valence-electron chi connectivity index (χ2n) is 15.0. The number of amides is 3. The van der Waals surface area contributed by atoms with Gasteiger partial charge in [-0.3, -0.25) is 23.9 Å². The highest BCUT2D eigenvalue weighted by atomic mass is 35.5. The average Bonchev–Trinajstić information content (AvgIpc) is 3.76. The number of benzene rings is 2. The number of likely N-dealkylation sites (tertiary alicyclic amines) is 2. The Kier molecular flexibility index (Phi) is 9.75.